The van der Waals surface area contributed by atoms with Crippen LogP contribution in [-0.2, 0) is 6.42 Å². The maximum absolute atomic E-state index is 13.2. The van der Waals surface area contributed by atoms with Crippen molar-refractivity contribution in [2.45, 2.75) is 12.5 Å². The number of halogens is 3. The summed E-state index contributed by atoms with van der Waals surface area (Å²) in [6.07, 6.45) is 2.51. The molecule has 1 atom stereocenters. The van der Waals surface area contributed by atoms with E-state index in [-0.39, 0.29) is 11.4 Å². The average molecular weight is 286 g/mol. The zero-order valence-electron chi connectivity index (χ0n) is 9.28. The van der Waals surface area contributed by atoms with Crippen LogP contribution in [-0.4, -0.2) is 10.1 Å². The molecule has 0 spiro atoms. The molecule has 2 aromatic rings. The summed E-state index contributed by atoms with van der Waals surface area (Å²) < 4.78 is 13.2. The molecule has 0 saturated heterocycles. The van der Waals surface area contributed by atoms with Gasteiger partial charge in [0.2, 0.25) is 0 Å². The lowest BCUT2D eigenvalue weighted by atomic mass is 10.0. The fourth-order valence-electron chi connectivity index (χ4n) is 1.66. The van der Waals surface area contributed by atoms with Crippen molar-refractivity contribution in [3.63, 3.8) is 0 Å². The van der Waals surface area contributed by atoms with Gasteiger partial charge in [-0.25, -0.2) is 4.39 Å². The lowest BCUT2D eigenvalue weighted by Gasteiger charge is -2.12. The fourth-order valence-corrected chi connectivity index (χ4v) is 2.09. The molecule has 0 amide bonds. The molecule has 0 aliphatic heterocycles. The van der Waals surface area contributed by atoms with Gasteiger partial charge in [-0.2, -0.15) is 0 Å². The Labute approximate surface area is 114 Å². The van der Waals surface area contributed by atoms with E-state index in [2.05, 4.69) is 4.98 Å². The molecule has 5 heteroatoms. The molecule has 0 aliphatic rings. The van der Waals surface area contributed by atoms with Gasteiger partial charge in [-0.3, -0.25) is 4.98 Å². The number of hydrogen-bond acceptors (Lipinski definition) is 2. The summed E-state index contributed by atoms with van der Waals surface area (Å²) in [7, 11) is 0. The second-order valence-corrected chi connectivity index (χ2v) is 4.73. The molecule has 2 rings (SSSR count). The first-order valence-corrected chi connectivity index (χ1v) is 6.04. The fraction of sp³-hybridized carbons (Fsp3) is 0.154. The molecule has 0 radical (unpaired) electrons. The highest BCUT2D eigenvalue weighted by molar-refractivity contribution is 6.31. The van der Waals surface area contributed by atoms with Crippen molar-refractivity contribution in [1.82, 2.24) is 4.98 Å². The molecule has 0 aliphatic carbocycles. The van der Waals surface area contributed by atoms with Gasteiger partial charge in [0.25, 0.3) is 0 Å². The quantitative estimate of drug-likeness (QED) is 0.930. The number of benzene rings is 1. The third-order valence-corrected chi connectivity index (χ3v) is 3.10. The highest BCUT2D eigenvalue weighted by Crippen LogP contribution is 2.25. The Bertz CT molecular complexity index is 542. The number of aromatic nitrogens is 1. The van der Waals surface area contributed by atoms with E-state index in [1.807, 2.05) is 0 Å². The van der Waals surface area contributed by atoms with Gasteiger partial charge >= 0.3 is 0 Å². The molecule has 0 saturated carbocycles. The van der Waals surface area contributed by atoms with Crippen molar-refractivity contribution >= 4 is 23.2 Å². The number of aliphatic hydroxyl groups excluding tert-OH is 1. The first-order chi connectivity index (χ1) is 8.56. The molecular weight excluding hydrogens is 276 g/mol. The van der Waals surface area contributed by atoms with Crippen molar-refractivity contribution in [1.29, 1.82) is 0 Å². The number of rotatable bonds is 3. The molecule has 94 valence electrons. The second-order valence-electron chi connectivity index (χ2n) is 3.89. The van der Waals surface area contributed by atoms with Gasteiger partial charge in [0.05, 0.1) is 11.1 Å². The van der Waals surface area contributed by atoms with E-state index in [4.69, 9.17) is 23.2 Å². The molecule has 0 fully saturated rings. The van der Waals surface area contributed by atoms with Crippen LogP contribution in [0.25, 0.3) is 0 Å². The Balaban J connectivity index is 2.22. The number of aliphatic hydroxyl groups is 1. The van der Waals surface area contributed by atoms with E-state index < -0.39 is 11.9 Å². The molecule has 18 heavy (non-hydrogen) atoms. The van der Waals surface area contributed by atoms with E-state index in [1.165, 1.54) is 24.4 Å². The summed E-state index contributed by atoms with van der Waals surface area (Å²) in [6, 6.07) is 5.69. The first-order valence-electron chi connectivity index (χ1n) is 5.28. The van der Waals surface area contributed by atoms with Crippen molar-refractivity contribution in [2.75, 3.05) is 0 Å². The Morgan fingerprint density at radius 3 is 2.72 bits per heavy atom. The van der Waals surface area contributed by atoms with Gasteiger partial charge in [-0.15, -0.1) is 0 Å². The van der Waals surface area contributed by atoms with Crippen LogP contribution in [0, 0.1) is 5.82 Å². The van der Waals surface area contributed by atoms with Crippen molar-refractivity contribution < 1.29 is 9.50 Å². The maximum atomic E-state index is 13.2. The van der Waals surface area contributed by atoms with Crippen molar-refractivity contribution in [2.24, 2.45) is 0 Å². The number of nitrogens with zero attached hydrogens (tertiary/aromatic N) is 1. The van der Waals surface area contributed by atoms with Crippen LogP contribution in [0.5, 0.6) is 0 Å². The lowest BCUT2D eigenvalue weighted by molar-refractivity contribution is 0.178. The highest BCUT2D eigenvalue weighted by atomic mass is 35.5. The van der Waals surface area contributed by atoms with Gasteiger partial charge in [0.15, 0.2) is 0 Å². The maximum Gasteiger partial charge on any atom is 0.125 e. The van der Waals surface area contributed by atoms with E-state index in [0.29, 0.717) is 10.6 Å². The van der Waals surface area contributed by atoms with Gasteiger partial charge in [0.1, 0.15) is 5.82 Å². The second kappa shape index (κ2) is 5.65. The van der Waals surface area contributed by atoms with E-state index in [1.54, 1.807) is 12.3 Å². The third kappa shape index (κ3) is 3.19. The van der Waals surface area contributed by atoms with Crippen LogP contribution in [0.4, 0.5) is 4.39 Å². The summed E-state index contributed by atoms with van der Waals surface area (Å²) in [4.78, 5) is 3.86. The normalized spacial score (nSPS) is 12.4. The molecule has 1 aromatic heterocycles. The van der Waals surface area contributed by atoms with Gasteiger partial charge in [-0.1, -0.05) is 23.2 Å². The summed E-state index contributed by atoms with van der Waals surface area (Å²) in [5, 5.41) is 10.8. The summed E-state index contributed by atoms with van der Waals surface area (Å²) in [6.45, 7) is 0. The van der Waals surface area contributed by atoms with Crippen LogP contribution in [0.3, 0.4) is 0 Å². The van der Waals surface area contributed by atoms with Crippen LogP contribution in [0.2, 0.25) is 10.0 Å². The molecular formula is C13H10Cl2FNO. The topological polar surface area (TPSA) is 33.1 Å². The minimum atomic E-state index is -0.863. The third-order valence-electron chi connectivity index (χ3n) is 2.54. The molecule has 1 heterocycles. The summed E-state index contributed by atoms with van der Waals surface area (Å²) in [5.74, 6) is -0.475. The Hall–Kier alpha value is -1.16. The Morgan fingerprint density at radius 1 is 1.28 bits per heavy atom. The standard InChI is InChI=1S/C13H10Cl2FNO/c14-10-3-9(4-11(16)6-10)13(18)5-8-1-2-17-7-12(8)15/h1-4,6-7,13,18H,5H2. The summed E-state index contributed by atoms with van der Waals surface area (Å²) in [5.41, 5.74) is 1.17. The minimum Gasteiger partial charge on any atom is -0.388 e. The van der Waals surface area contributed by atoms with Crippen molar-refractivity contribution in [3.05, 3.63) is 63.6 Å². The smallest absolute Gasteiger partial charge is 0.125 e. The SMILES string of the molecule is OC(Cc1ccncc1Cl)c1cc(F)cc(Cl)c1. The van der Waals surface area contributed by atoms with Crippen LogP contribution in [0.15, 0.2) is 36.7 Å². The predicted octanol–water partition coefficient (Wildman–Crippen LogP) is 3.80. The van der Waals surface area contributed by atoms with Gasteiger partial charge < -0.3 is 5.11 Å². The molecule has 1 aromatic carbocycles. The van der Waals surface area contributed by atoms with Crippen molar-refractivity contribution in [3.8, 4) is 0 Å². The van der Waals surface area contributed by atoms with E-state index in [9.17, 15) is 9.50 Å². The van der Waals surface area contributed by atoms with Crippen LogP contribution >= 0.6 is 23.2 Å². The minimum absolute atomic E-state index is 0.255. The average Bonchev–Trinajstić information content (AvgIpc) is 2.31. The Morgan fingerprint density at radius 2 is 2.06 bits per heavy atom. The molecule has 1 unspecified atom stereocenters. The molecule has 2 nitrogen and oxygen atoms in total. The van der Waals surface area contributed by atoms with E-state index >= 15 is 0 Å². The van der Waals surface area contributed by atoms with Crippen LogP contribution < -0.4 is 0 Å². The number of pyridine rings is 1. The number of hydrogen-bond donors (Lipinski definition) is 1. The van der Waals surface area contributed by atoms with Gasteiger partial charge in [0, 0.05) is 23.8 Å². The largest absolute Gasteiger partial charge is 0.388 e. The van der Waals surface area contributed by atoms with Crippen LogP contribution in [0.1, 0.15) is 17.2 Å². The first kappa shape index (κ1) is 13.3. The zero-order chi connectivity index (χ0) is 13.1. The summed E-state index contributed by atoms with van der Waals surface area (Å²) >= 11 is 11.7. The predicted molar refractivity (Wildman–Crippen MR) is 69.3 cm³/mol. The monoisotopic (exact) mass is 285 g/mol. The molecule has 0 bridgehead atoms. The highest BCUT2D eigenvalue weighted by Gasteiger charge is 2.12. The zero-order valence-corrected chi connectivity index (χ0v) is 10.8. The lowest BCUT2D eigenvalue weighted by Crippen LogP contribution is -2.03. The molecule has 1 N–H and O–H groups in total. The van der Waals surface area contributed by atoms with Gasteiger partial charge in [-0.05, 0) is 35.4 Å². The Kier molecular flexibility index (Phi) is 4.17. The van der Waals surface area contributed by atoms with E-state index in [0.717, 1.165) is 5.56 Å².